The lowest BCUT2D eigenvalue weighted by Gasteiger charge is -2.30. The zero-order valence-corrected chi connectivity index (χ0v) is 11.8. The number of aliphatic carboxylic acids is 1. The Morgan fingerprint density at radius 3 is 2.79 bits per heavy atom. The molecule has 1 aromatic carbocycles. The van der Waals surface area contributed by atoms with Crippen LogP contribution in [0.3, 0.4) is 0 Å². The van der Waals surface area contributed by atoms with Gasteiger partial charge in [-0.15, -0.1) is 0 Å². The maximum Gasteiger partial charge on any atom is 0.329 e. The number of carboxylic acid groups (broad SMARTS) is 1. The summed E-state index contributed by atoms with van der Waals surface area (Å²) in [5.41, 5.74) is -0.230. The van der Waals surface area contributed by atoms with Crippen LogP contribution in [0.1, 0.15) is 19.3 Å². The number of benzene rings is 1. The average Bonchev–Trinajstić information content (AvgIpc) is 2.56. The van der Waals surface area contributed by atoms with Crippen LogP contribution >= 0.6 is 11.6 Å². The van der Waals surface area contributed by atoms with Gasteiger partial charge in [-0.25, -0.2) is 4.79 Å². The summed E-state index contributed by atoms with van der Waals surface area (Å²) in [6.45, 7) is 1.70. The summed E-state index contributed by atoms with van der Waals surface area (Å²) >= 11 is 6.11. The van der Waals surface area contributed by atoms with Gasteiger partial charge in [0.05, 0.1) is 10.7 Å². The number of nitrogens with zero attached hydrogens (tertiary/aromatic N) is 1. The Kier molecular flexibility index (Phi) is 4.32. The van der Waals surface area contributed by atoms with Crippen molar-refractivity contribution in [3.05, 3.63) is 29.3 Å². The Bertz CT molecular complexity index is 467. The van der Waals surface area contributed by atoms with Crippen molar-refractivity contribution >= 4 is 23.3 Å². The molecule has 1 saturated heterocycles. The summed E-state index contributed by atoms with van der Waals surface area (Å²) in [4.78, 5) is 13.9. The van der Waals surface area contributed by atoms with E-state index in [0.717, 1.165) is 19.5 Å². The summed E-state index contributed by atoms with van der Waals surface area (Å²) in [5, 5.41) is 13.3. The smallest absolute Gasteiger partial charge is 0.329 e. The van der Waals surface area contributed by atoms with Crippen LogP contribution in [0.5, 0.6) is 0 Å². The lowest BCUT2D eigenvalue weighted by Crippen LogP contribution is -2.47. The van der Waals surface area contributed by atoms with Crippen LogP contribution in [-0.4, -0.2) is 41.7 Å². The van der Waals surface area contributed by atoms with Gasteiger partial charge in [0.15, 0.2) is 0 Å². The molecule has 0 amide bonds. The molecule has 0 aliphatic carbocycles. The molecule has 19 heavy (non-hydrogen) atoms. The van der Waals surface area contributed by atoms with E-state index < -0.39 is 11.5 Å². The second kappa shape index (κ2) is 5.80. The molecule has 0 saturated carbocycles. The molecule has 1 aliphatic rings. The molecule has 1 aromatic rings. The predicted octanol–water partition coefficient (Wildman–Crippen LogP) is 2.69. The molecule has 1 atom stereocenters. The second-order valence-corrected chi connectivity index (χ2v) is 5.56. The highest BCUT2D eigenvalue weighted by Crippen LogP contribution is 2.30. The minimum atomic E-state index is -0.921. The molecule has 1 aliphatic heterocycles. The molecule has 0 radical (unpaired) electrons. The molecule has 1 unspecified atom stereocenters. The molecule has 104 valence electrons. The van der Waals surface area contributed by atoms with Crippen molar-refractivity contribution in [3.63, 3.8) is 0 Å². The van der Waals surface area contributed by atoms with E-state index in [1.807, 2.05) is 25.2 Å². The minimum absolute atomic E-state index is 0.556. The highest BCUT2D eigenvalue weighted by Gasteiger charge is 2.39. The minimum Gasteiger partial charge on any atom is -0.480 e. The van der Waals surface area contributed by atoms with Crippen molar-refractivity contribution in [3.8, 4) is 0 Å². The van der Waals surface area contributed by atoms with Crippen LogP contribution in [0.25, 0.3) is 0 Å². The summed E-state index contributed by atoms with van der Waals surface area (Å²) < 4.78 is 0. The van der Waals surface area contributed by atoms with E-state index >= 15 is 0 Å². The van der Waals surface area contributed by atoms with E-state index in [1.54, 1.807) is 6.07 Å². The summed E-state index contributed by atoms with van der Waals surface area (Å²) in [6, 6.07) is 7.28. The quantitative estimate of drug-likeness (QED) is 0.895. The number of carboxylic acids is 1. The summed E-state index contributed by atoms with van der Waals surface area (Å²) in [7, 11) is 2.02. The van der Waals surface area contributed by atoms with Gasteiger partial charge in [0.25, 0.3) is 0 Å². The molecule has 4 nitrogen and oxygen atoms in total. The van der Waals surface area contributed by atoms with Crippen LogP contribution in [0.4, 0.5) is 5.69 Å². The molecule has 5 heteroatoms. The maximum atomic E-state index is 11.7. The Balaban J connectivity index is 2.25. The van der Waals surface area contributed by atoms with E-state index in [2.05, 4.69) is 10.2 Å². The average molecular weight is 283 g/mol. The maximum absolute atomic E-state index is 11.7. The zero-order chi connectivity index (χ0) is 13.9. The second-order valence-electron chi connectivity index (χ2n) is 5.15. The lowest BCUT2D eigenvalue weighted by atomic mass is 9.90. The molecule has 1 heterocycles. The van der Waals surface area contributed by atoms with Crippen molar-refractivity contribution in [2.75, 3.05) is 25.5 Å². The third-order valence-corrected chi connectivity index (χ3v) is 4.05. The number of halogens is 1. The van der Waals surface area contributed by atoms with Crippen LogP contribution in [-0.2, 0) is 4.79 Å². The standard InChI is InChI=1S/C14H19ClN2O2/c1-17-9-4-7-14(8-10-17,13(18)19)16-12-6-3-2-5-11(12)15/h2-3,5-6,16H,4,7-10H2,1H3,(H,18,19). The third-order valence-electron chi connectivity index (χ3n) is 3.72. The third kappa shape index (κ3) is 3.19. The molecule has 0 bridgehead atoms. The monoisotopic (exact) mass is 282 g/mol. The Labute approximate surface area is 118 Å². The Morgan fingerprint density at radius 2 is 2.11 bits per heavy atom. The topological polar surface area (TPSA) is 52.6 Å². The number of para-hydroxylation sites is 1. The van der Waals surface area contributed by atoms with Gasteiger partial charge < -0.3 is 15.3 Å². The van der Waals surface area contributed by atoms with Gasteiger partial charge in [0, 0.05) is 6.54 Å². The number of anilines is 1. The van der Waals surface area contributed by atoms with Crippen LogP contribution in [0.2, 0.25) is 5.02 Å². The molecule has 2 N–H and O–H groups in total. The Hall–Kier alpha value is -1.26. The van der Waals surface area contributed by atoms with E-state index in [1.165, 1.54) is 0 Å². The van der Waals surface area contributed by atoms with Gasteiger partial charge in [0.2, 0.25) is 0 Å². The van der Waals surface area contributed by atoms with Crippen molar-refractivity contribution in [2.45, 2.75) is 24.8 Å². The zero-order valence-electron chi connectivity index (χ0n) is 11.0. The van der Waals surface area contributed by atoms with E-state index in [-0.39, 0.29) is 0 Å². The molecular formula is C14H19ClN2O2. The van der Waals surface area contributed by atoms with Gasteiger partial charge in [-0.1, -0.05) is 23.7 Å². The summed E-state index contributed by atoms with van der Waals surface area (Å²) in [5.74, 6) is -0.803. The fourth-order valence-corrected chi connectivity index (χ4v) is 2.66. The number of carbonyl (C=O) groups is 1. The predicted molar refractivity (Wildman–Crippen MR) is 76.8 cm³/mol. The van der Waals surface area contributed by atoms with E-state index in [9.17, 15) is 9.90 Å². The van der Waals surface area contributed by atoms with Gasteiger partial charge >= 0.3 is 5.97 Å². The number of nitrogens with one attached hydrogen (secondary N) is 1. The van der Waals surface area contributed by atoms with Gasteiger partial charge in [-0.3, -0.25) is 0 Å². The van der Waals surface area contributed by atoms with Crippen molar-refractivity contribution in [1.29, 1.82) is 0 Å². The highest BCUT2D eigenvalue weighted by atomic mass is 35.5. The fourth-order valence-electron chi connectivity index (χ4n) is 2.48. The van der Waals surface area contributed by atoms with Gasteiger partial charge in [0.1, 0.15) is 5.54 Å². The largest absolute Gasteiger partial charge is 0.480 e. The Morgan fingerprint density at radius 1 is 1.37 bits per heavy atom. The van der Waals surface area contributed by atoms with E-state index in [0.29, 0.717) is 23.6 Å². The molecular weight excluding hydrogens is 264 g/mol. The first-order valence-corrected chi connectivity index (χ1v) is 6.86. The molecule has 2 rings (SSSR count). The van der Waals surface area contributed by atoms with Crippen LogP contribution in [0, 0.1) is 0 Å². The lowest BCUT2D eigenvalue weighted by molar-refractivity contribution is -0.142. The molecule has 1 fully saturated rings. The van der Waals surface area contributed by atoms with Crippen molar-refractivity contribution < 1.29 is 9.90 Å². The summed E-state index contributed by atoms with van der Waals surface area (Å²) in [6.07, 6.45) is 2.04. The fraction of sp³-hybridized carbons (Fsp3) is 0.500. The van der Waals surface area contributed by atoms with Crippen LogP contribution < -0.4 is 5.32 Å². The number of rotatable bonds is 3. The van der Waals surface area contributed by atoms with Crippen molar-refractivity contribution in [1.82, 2.24) is 4.90 Å². The molecule has 0 spiro atoms. The van der Waals surface area contributed by atoms with Gasteiger partial charge in [-0.2, -0.15) is 0 Å². The number of likely N-dealkylation sites (tertiary alicyclic amines) is 1. The first-order chi connectivity index (χ1) is 9.03. The van der Waals surface area contributed by atoms with Gasteiger partial charge in [-0.05, 0) is 45.0 Å². The first-order valence-electron chi connectivity index (χ1n) is 6.48. The van der Waals surface area contributed by atoms with Crippen LogP contribution in [0.15, 0.2) is 24.3 Å². The highest BCUT2D eigenvalue weighted by molar-refractivity contribution is 6.33. The number of hydrogen-bond acceptors (Lipinski definition) is 3. The first kappa shape index (κ1) is 14.2. The van der Waals surface area contributed by atoms with E-state index in [4.69, 9.17) is 11.6 Å². The molecule has 0 aromatic heterocycles. The number of hydrogen-bond donors (Lipinski definition) is 2. The van der Waals surface area contributed by atoms with Crippen molar-refractivity contribution in [2.24, 2.45) is 0 Å². The normalized spacial score (nSPS) is 24.7. The SMILES string of the molecule is CN1CCCC(Nc2ccccc2Cl)(C(=O)O)CC1.